The van der Waals surface area contributed by atoms with Crippen molar-refractivity contribution in [2.45, 2.75) is 0 Å². The number of rotatable bonds is 2. The van der Waals surface area contributed by atoms with Gasteiger partial charge in [0.2, 0.25) is 0 Å². The maximum atomic E-state index is 12.5. The van der Waals surface area contributed by atoms with Gasteiger partial charge in [-0.1, -0.05) is 41.4 Å². The molecule has 1 heterocycles. The molecule has 0 bridgehead atoms. The Labute approximate surface area is 126 Å². The van der Waals surface area contributed by atoms with Crippen LogP contribution in [-0.4, -0.2) is 10.8 Å². The average Bonchev–Trinajstić information content (AvgIpc) is 2.48. The monoisotopic (exact) mass is 301 g/mol. The number of hydrogen-bond acceptors (Lipinski definition) is 2. The van der Waals surface area contributed by atoms with E-state index in [4.69, 9.17) is 23.2 Å². The van der Waals surface area contributed by atoms with Crippen LogP contribution in [0.15, 0.2) is 54.7 Å². The molecule has 98 valence electrons. The van der Waals surface area contributed by atoms with Gasteiger partial charge in [-0.2, -0.15) is 0 Å². The minimum Gasteiger partial charge on any atom is -0.288 e. The third-order valence-electron chi connectivity index (χ3n) is 3.03. The first kappa shape index (κ1) is 13.1. The summed E-state index contributed by atoms with van der Waals surface area (Å²) in [7, 11) is 0. The fraction of sp³-hybridized carbons (Fsp3) is 0. The van der Waals surface area contributed by atoms with E-state index in [1.165, 1.54) is 0 Å². The molecular formula is C16H9Cl2NO. The lowest BCUT2D eigenvalue weighted by Gasteiger charge is -2.05. The van der Waals surface area contributed by atoms with Crippen molar-refractivity contribution in [3.63, 3.8) is 0 Å². The van der Waals surface area contributed by atoms with Crippen LogP contribution in [0.25, 0.3) is 10.9 Å². The van der Waals surface area contributed by atoms with E-state index in [2.05, 4.69) is 4.98 Å². The summed E-state index contributed by atoms with van der Waals surface area (Å²) in [4.78, 5) is 16.8. The van der Waals surface area contributed by atoms with Crippen LogP contribution in [0.5, 0.6) is 0 Å². The van der Waals surface area contributed by atoms with Crippen LogP contribution in [0.2, 0.25) is 10.0 Å². The number of ketones is 1. The zero-order valence-electron chi connectivity index (χ0n) is 10.3. The molecule has 0 amide bonds. The number of carbonyl (C=O) groups excluding carboxylic acids is 1. The van der Waals surface area contributed by atoms with E-state index in [0.717, 1.165) is 10.9 Å². The minimum atomic E-state index is -0.184. The smallest absolute Gasteiger partial charge is 0.196 e. The van der Waals surface area contributed by atoms with Gasteiger partial charge in [-0.15, -0.1) is 0 Å². The molecule has 0 unspecified atom stereocenters. The van der Waals surface area contributed by atoms with Gasteiger partial charge >= 0.3 is 0 Å². The van der Waals surface area contributed by atoms with Gasteiger partial charge in [-0.3, -0.25) is 9.78 Å². The van der Waals surface area contributed by atoms with E-state index in [9.17, 15) is 4.79 Å². The Morgan fingerprint density at radius 2 is 1.80 bits per heavy atom. The number of hydrogen-bond donors (Lipinski definition) is 0. The zero-order valence-corrected chi connectivity index (χ0v) is 11.8. The number of halogens is 2. The highest BCUT2D eigenvalue weighted by Crippen LogP contribution is 2.24. The first-order chi connectivity index (χ1) is 9.65. The van der Waals surface area contributed by atoms with E-state index in [0.29, 0.717) is 21.2 Å². The molecule has 0 saturated carbocycles. The summed E-state index contributed by atoms with van der Waals surface area (Å²) in [6, 6.07) is 14.3. The Hall–Kier alpha value is -1.90. The Morgan fingerprint density at radius 3 is 2.65 bits per heavy atom. The maximum absolute atomic E-state index is 12.5. The van der Waals surface area contributed by atoms with Crippen molar-refractivity contribution in [1.82, 2.24) is 4.98 Å². The number of nitrogens with zero attached hydrogens (tertiary/aromatic N) is 1. The van der Waals surface area contributed by atoms with Crippen LogP contribution in [-0.2, 0) is 0 Å². The molecule has 4 heteroatoms. The standard InChI is InChI=1S/C16H9Cl2NO/c17-12-5-6-14(18)13(8-12)16(20)11-7-10-3-1-2-4-15(10)19-9-11/h1-9H. The van der Waals surface area contributed by atoms with Gasteiger partial charge < -0.3 is 0 Å². The van der Waals surface area contributed by atoms with Crippen LogP contribution in [0.4, 0.5) is 0 Å². The predicted octanol–water partition coefficient (Wildman–Crippen LogP) is 4.77. The average molecular weight is 302 g/mol. The Balaban J connectivity index is 2.10. The summed E-state index contributed by atoms with van der Waals surface area (Å²) >= 11 is 12.0. The van der Waals surface area contributed by atoms with Gasteiger partial charge in [0.05, 0.1) is 10.5 Å². The molecule has 0 fully saturated rings. The summed E-state index contributed by atoms with van der Waals surface area (Å²) in [6.07, 6.45) is 1.56. The zero-order chi connectivity index (χ0) is 14.1. The van der Waals surface area contributed by atoms with Crippen molar-refractivity contribution < 1.29 is 4.79 Å². The molecule has 0 aliphatic carbocycles. The molecule has 0 atom stereocenters. The number of pyridine rings is 1. The molecule has 0 spiro atoms. The van der Waals surface area contributed by atoms with Crippen LogP contribution in [0.1, 0.15) is 15.9 Å². The molecule has 1 aromatic heterocycles. The summed E-state index contributed by atoms with van der Waals surface area (Å²) in [5.74, 6) is -0.184. The highest BCUT2D eigenvalue weighted by atomic mass is 35.5. The van der Waals surface area contributed by atoms with Gasteiger partial charge in [0.25, 0.3) is 0 Å². The lowest BCUT2D eigenvalue weighted by Crippen LogP contribution is -2.03. The Morgan fingerprint density at radius 1 is 1.00 bits per heavy atom. The van der Waals surface area contributed by atoms with Crippen molar-refractivity contribution in [3.8, 4) is 0 Å². The molecule has 0 aliphatic heterocycles. The van der Waals surface area contributed by atoms with Crippen LogP contribution < -0.4 is 0 Å². The third-order valence-corrected chi connectivity index (χ3v) is 3.59. The largest absolute Gasteiger partial charge is 0.288 e. The molecule has 0 aliphatic rings. The van der Waals surface area contributed by atoms with Crippen LogP contribution >= 0.6 is 23.2 Å². The summed E-state index contributed by atoms with van der Waals surface area (Å²) in [5.41, 5.74) is 1.73. The van der Waals surface area contributed by atoms with Crippen molar-refractivity contribution in [3.05, 3.63) is 75.9 Å². The molecule has 0 saturated heterocycles. The molecule has 20 heavy (non-hydrogen) atoms. The second-order valence-corrected chi connectivity index (χ2v) is 5.21. The lowest BCUT2D eigenvalue weighted by molar-refractivity contribution is 0.103. The SMILES string of the molecule is O=C(c1cnc2ccccc2c1)c1cc(Cl)ccc1Cl. The number of para-hydroxylation sites is 1. The quantitative estimate of drug-likeness (QED) is 0.638. The lowest BCUT2D eigenvalue weighted by atomic mass is 10.0. The van der Waals surface area contributed by atoms with E-state index in [-0.39, 0.29) is 5.78 Å². The van der Waals surface area contributed by atoms with Crippen molar-refractivity contribution in [1.29, 1.82) is 0 Å². The molecule has 3 aromatic rings. The molecule has 2 aromatic carbocycles. The summed E-state index contributed by atoms with van der Waals surface area (Å²) < 4.78 is 0. The minimum absolute atomic E-state index is 0.184. The summed E-state index contributed by atoms with van der Waals surface area (Å²) in [6.45, 7) is 0. The molecule has 0 N–H and O–H groups in total. The second-order valence-electron chi connectivity index (χ2n) is 4.37. The summed E-state index contributed by atoms with van der Waals surface area (Å²) in [5, 5.41) is 1.77. The highest BCUT2D eigenvalue weighted by Gasteiger charge is 2.14. The van der Waals surface area contributed by atoms with Gasteiger partial charge in [-0.05, 0) is 30.3 Å². The fourth-order valence-electron chi connectivity index (χ4n) is 2.02. The number of fused-ring (bicyclic) bond motifs is 1. The van der Waals surface area contributed by atoms with Crippen LogP contribution in [0, 0.1) is 0 Å². The van der Waals surface area contributed by atoms with Crippen molar-refractivity contribution >= 4 is 39.9 Å². The molecule has 0 radical (unpaired) electrons. The van der Waals surface area contributed by atoms with E-state index in [1.54, 1.807) is 24.4 Å². The maximum Gasteiger partial charge on any atom is 0.196 e. The number of benzene rings is 2. The normalized spacial score (nSPS) is 10.7. The predicted molar refractivity (Wildman–Crippen MR) is 81.6 cm³/mol. The molecular weight excluding hydrogens is 293 g/mol. The number of carbonyl (C=O) groups is 1. The number of aromatic nitrogens is 1. The van der Waals surface area contributed by atoms with Crippen molar-refractivity contribution in [2.24, 2.45) is 0 Å². The van der Waals surface area contributed by atoms with Gasteiger partial charge in [0, 0.05) is 27.7 Å². The Bertz CT molecular complexity index is 814. The van der Waals surface area contributed by atoms with Gasteiger partial charge in [0.15, 0.2) is 5.78 Å². The van der Waals surface area contributed by atoms with Crippen LogP contribution in [0.3, 0.4) is 0 Å². The van der Waals surface area contributed by atoms with E-state index in [1.807, 2.05) is 30.3 Å². The fourth-order valence-corrected chi connectivity index (χ4v) is 2.40. The van der Waals surface area contributed by atoms with Gasteiger partial charge in [0.1, 0.15) is 0 Å². The Kier molecular flexibility index (Phi) is 3.43. The van der Waals surface area contributed by atoms with E-state index < -0.39 is 0 Å². The van der Waals surface area contributed by atoms with E-state index >= 15 is 0 Å². The highest BCUT2D eigenvalue weighted by molar-refractivity contribution is 6.36. The van der Waals surface area contributed by atoms with Gasteiger partial charge in [-0.25, -0.2) is 0 Å². The topological polar surface area (TPSA) is 30.0 Å². The first-order valence-electron chi connectivity index (χ1n) is 6.00. The third kappa shape index (κ3) is 2.40. The molecule has 3 rings (SSSR count). The van der Waals surface area contributed by atoms with Crippen molar-refractivity contribution in [2.75, 3.05) is 0 Å². The second kappa shape index (κ2) is 5.23. The first-order valence-corrected chi connectivity index (χ1v) is 6.75. The molecule has 2 nitrogen and oxygen atoms in total.